The highest BCUT2D eigenvalue weighted by Crippen LogP contribution is 2.22. The average molecular weight is 213 g/mol. The van der Waals surface area contributed by atoms with Crippen molar-refractivity contribution < 1.29 is 9.90 Å². The summed E-state index contributed by atoms with van der Waals surface area (Å²) in [5, 5.41) is 10.8. The van der Waals surface area contributed by atoms with Gasteiger partial charge in [-0.25, -0.2) is 4.79 Å². The molecule has 0 atom stereocenters. The van der Waals surface area contributed by atoms with Crippen LogP contribution in [0.15, 0.2) is 36.4 Å². The van der Waals surface area contributed by atoms with Crippen LogP contribution >= 0.6 is 0 Å². The van der Waals surface area contributed by atoms with Gasteiger partial charge in [-0.2, -0.15) is 0 Å². The fourth-order valence-electron chi connectivity index (χ4n) is 1.71. The monoisotopic (exact) mass is 213 g/mol. The molecular weight excluding hydrogens is 203 g/mol. The molecule has 2 nitrogen and oxygen atoms in total. The summed E-state index contributed by atoms with van der Waals surface area (Å²) in [6.45, 7) is 1.93. The number of hydrogen-bond donors (Lipinski definition) is 1. The SMILES string of the molecule is Cc1cccc2cccc(C(=O)O)c12.[Al]. The maximum absolute atomic E-state index is 11.0. The quantitative estimate of drug-likeness (QED) is 0.739. The minimum Gasteiger partial charge on any atom is -0.478 e. The lowest BCUT2D eigenvalue weighted by atomic mass is 10.0. The summed E-state index contributed by atoms with van der Waals surface area (Å²) in [7, 11) is 0. The molecule has 0 fully saturated rings. The zero-order valence-electron chi connectivity index (χ0n) is 8.40. The van der Waals surface area contributed by atoms with E-state index in [0.717, 1.165) is 16.3 Å². The Hall–Kier alpha value is -1.30. The van der Waals surface area contributed by atoms with Crippen LogP contribution in [0.2, 0.25) is 0 Å². The van der Waals surface area contributed by atoms with Gasteiger partial charge >= 0.3 is 5.97 Å². The number of carboxylic acid groups (broad SMARTS) is 1. The Labute approximate surface area is 98.7 Å². The molecule has 2 aromatic rings. The maximum atomic E-state index is 11.0. The van der Waals surface area contributed by atoms with Crippen LogP contribution in [0.5, 0.6) is 0 Å². The molecule has 0 spiro atoms. The van der Waals surface area contributed by atoms with Crippen molar-refractivity contribution in [3.8, 4) is 0 Å². The van der Waals surface area contributed by atoms with Crippen LogP contribution in [0.3, 0.4) is 0 Å². The first kappa shape index (κ1) is 11.8. The zero-order valence-corrected chi connectivity index (χ0v) is 9.55. The average Bonchev–Trinajstić information content (AvgIpc) is 2.17. The van der Waals surface area contributed by atoms with Crippen LogP contribution in [0.25, 0.3) is 10.8 Å². The van der Waals surface area contributed by atoms with E-state index >= 15 is 0 Å². The molecule has 73 valence electrons. The van der Waals surface area contributed by atoms with Crippen molar-refractivity contribution in [2.24, 2.45) is 0 Å². The molecule has 0 aliphatic heterocycles. The van der Waals surface area contributed by atoms with Crippen LogP contribution in [-0.2, 0) is 0 Å². The molecule has 15 heavy (non-hydrogen) atoms. The predicted octanol–water partition coefficient (Wildman–Crippen LogP) is 2.47. The lowest BCUT2D eigenvalue weighted by molar-refractivity contribution is 0.0699. The van der Waals surface area contributed by atoms with E-state index in [9.17, 15) is 4.79 Å². The molecule has 0 amide bonds. The highest BCUT2D eigenvalue weighted by Gasteiger charge is 2.08. The summed E-state index contributed by atoms with van der Waals surface area (Å²) in [4.78, 5) is 11.0. The molecule has 3 radical (unpaired) electrons. The fraction of sp³-hybridized carbons (Fsp3) is 0.0833. The Kier molecular flexibility index (Phi) is 3.52. The molecule has 0 aliphatic rings. The van der Waals surface area contributed by atoms with Crippen molar-refractivity contribution in [2.45, 2.75) is 6.92 Å². The van der Waals surface area contributed by atoms with E-state index in [4.69, 9.17) is 5.11 Å². The van der Waals surface area contributed by atoms with Gasteiger partial charge in [0.1, 0.15) is 0 Å². The second-order valence-electron chi connectivity index (χ2n) is 3.28. The first-order chi connectivity index (χ1) is 6.70. The number of carbonyl (C=O) groups is 1. The van der Waals surface area contributed by atoms with E-state index in [0.29, 0.717) is 5.56 Å². The number of rotatable bonds is 1. The highest BCUT2D eigenvalue weighted by atomic mass is 27.0. The van der Waals surface area contributed by atoms with Crippen LogP contribution in [0, 0.1) is 6.92 Å². The molecule has 2 rings (SSSR count). The largest absolute Gasteiger partial charge is 0.478 e. The molecule has 0 unspecified atom stereocenters. The first-order valence-electron chi connectivity index (χ1n) is 4.42. The van der Waals surface area contributed by atoms with E-state index in [1.54, 1.807) is 12.1 Å². The van der Waals surface area contributed by atoms with Crippen LogP contribution < -0.4 is 0 Å². The summed E-state index contributed by atoms with van der Waals surface area (Å²) in [5.41, 5.74) is 1.38. The van der Waals surface area contributed by atoms with Crippen molar-refractivity contribution in [1.29, 1.82) is 0 Å². The third-order valence-corrected chi connectivity index (χ3v) is 2.34. The summed E-state index contributed by atoms with van der Waals surface area (Å²) < 4.78 is 0. The van der Waals surface area contributed by atoms with Gasteiger partial charge in [-0.15, -0.1) is 0 Å². The molecule has 3 heteroatoms. The number of fused-ring (bicyclic) bond motifs is 1. The fourth-order valence-corrected chi connectivity index (χ4v) is 1.71. The molecule has 0 saturated carbocycles. The summed E-state index contributed by atoms with van der Waals surface area (Å²) in [6.07, 6.45) is 0. The zero-order chi connectivity index (χ0) is 10.1. The van der Waals surface area contributed by atoms with E-state index in [2.05, 4.69) is 0 Å². The minimum absolute atomic E-state index is 0. The third-order valence-electron chi connectivity index (χ3n) is 2.34. The topological polar surface area (TPSA) is 37.3 Å². The molecule has 0 saturated heterocycles. The van der Waals surface area contributed by atoms with E-state index < -0.39 is 5.97 Å². The Bertz CT molecular complexity index is 501. The van der Waals surface area contributed by atoms with Crippen LogP contribution in [0.4, 0.5) is 0 Å². The molecule has 0 bridgehead atoms. The van der Waals surface area contributed by atoms with E-state index in [1.807, 2.05) is 31.2 Å². The first-order valence-corrected chi connectivity index (χ1v) is 4.42. The Morgan fingerprint density at radius 1 is 1.13 bits per heavy atom. The second kappa shape index (κ2) is 4.48. The number of aryl methyl sites for hydroxylation is 1. The molecule has 2 aromatic carbocycles. The summed E-state index contributed by atoms with van der Waals surface area (Å²) in [5.74, 6) is -0.870. The van der Waals surface area contributed by atoms with Gasteiger partial charge in [-0.1, -0.05) is 30.3 Å². The smallest absolute Gasteiger partial charge is 0.336 e. The van der Waals surface area contributed by atoms with Crippen LogP contribution in [-0.4, -0.2) is 28.4 Å². The van der Waals surface area contributed by atoms with Gasteiger partial charge in [0, 0.05) is 17.4 Å². The minimum atomic E-state index is -0.870. The molecule has 1 N–H and O–H groups in total. The molecule has 0 aliphatic carbocycles. The van der Waals surface area contributed by atoms with Crippen molar-refractivity contribution >= 4 is 34.1 Å². The van der Waals surface area contributed by atoms with Gasteiger partial charge in [0.15, 0.2) is 0 Å². The van der Waals surface area contributed by atoms with Crippen molar-refractivity contribution in [3.05, 3.63) is 47.5 Å². The van der Waals surface area contributed by atoms with Gasteiger partial charge in [0.2, 0.25) is 0 Å². The van der Waals surface area contributed by atoms with E-state index in [1.165, 1.54) is 0 Å². The third kappa shape index (κ3) is 2.04. The second-order valence-corrected chi connectivity index (χ2v) is 3.28. The molecular formula is C12H10AlO2. The predicted molar refractivity (Wildman–Crippen MR) is 61.4 cm³/mol. The Morgan fingerprint density at radius 2 is 1.73 bits per heavy atom. The van der Waals surface area contributed by atoms with Gasteiger partial charge in [-0.3, -0.25) is 0 Å². The highest BCUT2D eigenvalue weighted by molar-refractivity contribution is 6.04. The Balaban J connectivity index is 0.00000112. The summed E-state index contributed by atoms with van der Waals surface area (Å²) >= 11 is 0. The maximum Gasteiger partial charge on any atom is 0.336 e. The number of benzene rings is 2. The van der Waals surface area contributed by atoms with Gasteiger partial charge in [0.05, 0.1) is 5.56 Å². The van der Waals surface area contributed by atoms with Gasteiger partial charge in [-0.05, 0) is 29.3 Å². The number of hydrogen-bond acceptors (Lipinski definition) is 1. The normalized spacial score (nSPS) is 9.67. The lowest BCUT2D eigenvalue weighted by Gasteiger charge is -2.04. The van der Waals surface area contributed by atoms with Gasteiger partial charge in [0.25, 0.3) is 0 Å². The number of carboxylic acids is 1. The summed E-state index contributed by atoms with van der Waals surface area (Å²) in [6, 6.07) is 11.1. The van der Waals surface area contributed by atoms with Gasteiger partial charge < -0.3 is 5.11 Å². The standard InChI is InChI=1S/C12H10O2.Al/c1-8-4-2-5-9-6-3-7-10(11(8)9)12(13)14;/h2-7H,1H3,(H,13,14);. The molecule has 0 heterocycles. The number of aromatic carboxylic acids is 1. The van der Waals surface area contributed by atoms with Crippen LogP contribution in [0.1, 0.15) is 15.9 Å². The van der Waals surface area contributed by atoms with Crippen molar-refractivity contribution in [2.75, 3.05) is 0 Å². The van der Waals surface area contributed by atoms with Crippen molar-refractivity contribution in [1.82, 2.24) is 0 Å². The van der Waals surface area contributed by atoms with E-state index in [-0.39, 0.29) is 17.4 Å². The Morgan fingerprint density at radius 3 is 2.33 bits per heavy atom. The lowest BCUT2D eigenvalue weighted by Crippen LogP contribution is -1.98. The van der Waals surface area contributed by atoms with Crippen molar-refractivity contribution in [3.63, 3.8) is 0 Å². The molecule has 0 aromatic heterocycles.